The van der Waals surface area contributed by atoms with Crippen molar-refractivity contribution in [2.45, 2.75) is 32.3 Å². The van der Waals surface area contributed by atoms with Crippen LogP contribution in [0, 0.1) is 6.92 Å². The Balaban J connectivity index is 2.09. The molecule has 0 unspecified atom stereocenters. The molecule has 1 aliphatic rings. The van der Waals surface area contributed by atoms with Gasteiger partial charge in [0, 0.05) is 17.8 Å². The maximum absolute atomic E-state index is 12.6. The van der Waals surface area contributed by atoms with Crippen LogP contribution in [0.4, 0.5) is 8.78 Å². The lowest BCUT2D eigenvalue weighted by Gasteiger charge is -2.24. The van der Waals surface area contributed by atoms with Crippen molar-refractivity contribution in [3.8, 4) is 5.75 Å². The first-order valence-corrected chi connectivity index (χ1v) is 5.79. The first-order chi connectivity index (χ1) is 8.15. The van der Waals surface area contributed by atoms with Gasteiger partial charge in [-0.3, -0.25) is 4.98 Å². The van der Waals surface area contributed by atoms with E-state index < -0.39 is 6.43 Å². The Labute approximate surface area is 99.2 Å². The van der Waals surface area contributed by atoms with Crippen molar-refractivity contribution in [2.75, 3.05) is 13.1 Å². The second kappa shape index (κ2) is 5.40. The molecule has 0 aliphatic carbocycles. The van der Waals surface area contributed by atoms with Crippen LogP contribution in [0.2, 0.25) is 0 Å². The van der Waals surface area contributed by atoms with Crippen molar-refractivity contribution in [1.82, 2.24) is 10.3 Å². The lowest BCUT2D eigenvalue weighted by molar-refractivity contribution is 0.141. The predicted octanol–water partition coefficient (Wildman–Crippen LogP) is 2.46. The van der Waals surface area contributed by atoms with E-state index in [1.807, 2.05) is 0 Å². The number of alkyl halides is 2. The molecule has 2 heterocycles. The molecule has 1 saturated heterocycles. The molecule has 1 N–H and O–H groups in total. The Morgan fingerprint density at radius 3 is 2.71 bits per heavy atom. The zero-order valence-electron chi connectivity index (χ0n) is 9.75. The Morgan fingerprint density at radius 1 is 1.35 bits per heavy atom. The van der Waals surface area contributed by atoms with Crippen LogP contribution in [0.15, 0.2) is 12.1 Å². The van der Waals surface area contributed by atoms with E-state index in [9.17, 15) is 8.78 Å². The van der Waals surface area contributed by atoms with Gasteiger partial charge >= 0.3 is 0 Å². The maximum atomic E-state index is 12.6. The van der Waals surface area contributed by atoms with Crippen molar-refractivity contribution in [1.29, 1.82) is 0 Å². The Hall–Kier alpha value is -1.23. The largest absolute Gasteiger partial charge is 0.490 e. The molecule has 1 fully saturated rings. The van der Waals surface area contributed by atoms with Gasteiger partial charge in [0.1, 0.15) is 17.5 Å². The highest BCUT2D eigenvalue weighted by molar-refractivity contribution is 5.27. The third-order valence-corrected chi connectivity index (χ3v) is 2.76. The molecule has 2 rings (SSSR count). The molecule has 3 nitrogen and oxygen atoms in total. The van der Waals surface area contributed by atoms with E-state index in [1.165, 1.54) is 6.07 Å². The maximum Gasteiger partial charge on any atom is 0.280 e. The fourth-order valence-corrected chi connectivity index (χ4v) is 1.95. The number of aryl methyl sites for hydroxylation is 1. The number of rotatable bonds is 3. The molecule has 17 heavy (non-hydrogen) atoms. The molecule has 0 radical (unpaired) electrons. The van der Waals surface area contributed by atoms with Gasteiger partial charge in [0.25, 0.3) is 6.43 Å². The Morgan fingerprint density at radius 2 is 2.06 bits per heavy atom. The van der Waals surface area contributed by atoms with Crippen molar-refractivity contribution >= 4 is 0 Å². The molecule has 0 spiro atoms. The first kappa shape index (κ1) is 12.2. The second-order valence-corrected chi connectivity index (χ2v) is 4.24. The summed E-state index contributed by atoms with van der Waals surface area (Å²) in [5, 5.41) is 3.23. The molecule has 0 bridgehead atoms. The fourth-order valence-electron chi connectivity index (χ4n) is 1.95. The van der Waals surface area contributed by atoms with E-state index in [0.29, 0.717) is 11.4 Å². The quantitative estimate of drug-likeness (QED) is 0.884. The molecule has 5 heteroatoms. The van der Waals surface area contributed by atoms with E-state index in [4.69, 9.17) is 4.74 Å². The summed E-state index contributed by atoms with van der Waals surface area (Å²) < 4.78 is 30.9. The summed E-state index contributed by atoms with van der Waals surface area (Å²) in [6, 6.07) is 3.04. The number of aromatic nitrogens is 1. The third-order valence-electron chi connectivity index (χ3n) is 2.76. The average molecular weight is 242 g/mol. The van der Waals surface area contributed by atoms with E-state index in [2.05, 4.69) is 10.3 Å². The lowest BCUT2D eigenvalue weighted by Crippen LogP contribution is -2.34. The number of piperidine rings is 1. The molecular weight excluding hydrogens is 226 g/mol. The SMILES string of the molecule is Cc1cc(OC2CCNCC2)cc(C(F)F)n1. The molecule has 1 aromatic heterocycles. The minimum atomic E-state index is -2.55. The standard InChI is InChI=1S/C12H16F2N2O/c1-8-6-10(7-11(16-8)12(13)14)17-9-2-4-15-5-3-9/h6-7,9,12,15H,2-5H2,1H3. The van der Waals surface area contributed by atoms with Gasteiger partial charge in [-0.2, -0.15) is 0 Å². The number of hydrogen-bond acceptors (Lipinski definition) is 3. The molecule has 0 amide bonds. The van der Waals surface area contributed by atoms with Crippen LogP contribution in [-0.2, 0) is 0 Å². The van der Waals surface area contributed by atoms with Crippen molar-refractivity contribution < 1.29 is 13.5 Å². The van der Waals surface area contributed by atoms with Crippen LogP contribution >= 0.6 is 0 Å². The summed E-state index contributed by atoms with van der Waals surface area (Å²) >= 11 is 0. The minimum absolute atomic E-state index is 0.114. The van der Waals surface area contributed by atoms with Gasteiger partial charge < -0.3 is 10.1 Å². The van der Waals surface area contributed by atoms with Gasteiger partial charge in [-0.25, -0.2) is 8.78 Å². The lowest BCUT2D eigenvalue weighted by atomic mass is 10.1. The summed E-state index contributed by atoms with van der Waals surface area (Å²) in [4.78, 5) is 3.78. The van der Waals surface area contributed by atoms with Gasteiger partial charge in [-0.15, -0.1) is 0 Å². The molecular formula is C12H16F2N2O. The molecule has 0 aromatic carbocycles. The summed E-state index contributed by atoms with van der Waals surface area (Å²) in [5.41, 5.74) is 0.348. The number of pyridine rings is 1. The molecule has 1 aliphatic heterocycles. The summed E-state index contributed by atoms with van der Waals surface area (Å²) in [5.74, 6) is 0.500. The van der Waals surface area contributed by atoms with Crippen LogP contribution in [0.3, 0.4) is 0 Å². The summed E-state index contributed by atoms with van der Waals surface area (Å²) in [6.07, 6.45) is -0.620. The molecule has 94 valence electrons. The fraction of sp³-hybridized carbons (Fsp3) is 0.583. The van der Waals surface area contributed by atoms with Gasteiger partial charge in [0.15, 0.2) is 0 Å². The van der Waals surface area contributed by atoms with E-state index in [1.54, 1.807) is 13.0 Å². The van der Waals surface area contributed by atoms with E-state index >= 15 is 0 Å². The van der Waals surface area contributed by atoms with Crippen LogP contribution in [0.25, 0.3) is 0 Å². The van der Waals surface area contributed by atoms with Crippen LogP contribution in [-0.4, -0.2) is 24.2 Å². The monoisotopic (exact) mass is 242 g/mol. The van der Waals surface area contributed by atoms with Gasteiger partial charge in [0.05, 0.1) is 0 Å². The van der Waals surface area contributed by atoms with Crippen molar-refractivity contribution in [3.63, 3.8) is 0 Å². The molecule has 1 aromatic rings. The zero-order valence-corrected chi connectivity index (χ0v) is 9.75. The highest BCUT2D eigenvalue weighted by atomic mass is 19.3. The van der Waals surface area contributed by atoms with Gasteiger partial charge in [-0.05, 0) is 32.9 Å². The number of ether oxygens (including phenoxy) is 1. The second-order valence-electron chi connectivity index (χ2n) is 4.24. The third kappa shape index (κ3) is 3.36. The van der Waals surface area contributed by atoms with Gasteiger partial charge in [-0.1, -0.05) is 0 Å². The summed E-state index contributed by atoms with van der Waals surface area (Å²) in [7, 11) is 0. The average Bonchev–Trinajstić information content (AvgIpc) is 2.29. The topological polar surface area (TPSA) is 34.1 Å². The Kier molecular flexibility index (Phi) is 3.89. The van der Waals surface area contributed by atoms with Crippen molar-refractivity contribution in [2.24, 2.45) is 0 Å². The number of nitrogens with one attached hydrogen (secondary N) is 1. The first-order valence-electron chi connectivity index (χ1n) is 5.79. The minimum Gasteiger partial charge on any atom is -0.490 e. The normalized spacial score (nSPS) is 17.4. The van der Waals surface area contributed by atoms with E-state index in [0.717, 1.165) is 25.9 Å². The number of halogens is 2. The highest BCUT2D eigenvalue weighted by Crippen LogP contribution is 2.24. The van der Waals surface area contributed by atoms with E-state index in [-0.39, 0.29) is 11.8 Å². The smallest absolute Gasteiger partial charge is 0.280 e. The van der Waals surface area contributed by atoms with Crippen molar-refractivity contribution in [3.05, 3.63) is 23.5 Å². The number of hydrogen-bond donors (Lipinski definition) is 1. The zero-order chi connectivity index (χ0) is 12.3. The Bertz CT molecular complexity index is 379. The van der Waals surface area contributed by atoms with Crippen LogP contribution in [0.5, 0.6) is 5.75 Å². The van der Waals surface area contributed by atoms with Crippen LogP contribution < -0.4 is 10.1 Å². The van der Waals surface area contributed by atoms with Gasteiger partial charge in [0.2, 0.25) is 0 Å². The molecule has 0 atom stereocenters. The van der Waals surface area contributed by atoms with Crippen LogP contribution in [0.1, 0.15) is 30.7 Å². The molecule has 0 saturated carbocycles. The summed E-state index contributed by atoms with van der Waals surface area (Å²) in [6.45, 7) is 3.52. The highest BCUT2D eigenvalue weighted by Gasteiger charge is 2.16. The number of nitrogens with zero attached hydrogens (tertiary/aromatic N) is 1. The predicted molar refractivity (Wildman–Crippen MR) is 60.5 cm³/mol.